The molecule has 1 aliphatic rings. The van der Waals surface area contributed by atoms with Crippen molar-refractivity contribution in [3.05, 3.63) is 73.2 Å². The number of rotatable bonds is 8. The van der Waals surface area contributed by atoms with Crippen LogP contribution in [0.5, 0.6) is 0 Å². The summed E-state index contributed by atoms with van der Waals surface area (Å²) in [5.41, 5.74) is -2.06. The van der Waals surface area contributed by atoms with Crippen LogP contribution in [0.1, 0.15) is 47.2 Å². The molecule has 4 nitrogen and oxygen atoms in total. The van der Waals surface area contributed by atoms with Gasteiger partial charge in [0.25, 0.3) is 11.8 Å². The third-order valence-electron chi connectivity index (χ3n) is 5.70. The van der Waals surface area contributed by atoms with Gasteiger partial charge in [0.15, 0.2) is 0 Å². The van der Waals surface area contributed by atoms with Crippen molar-refractivity contribution in [2.75, 3.05) is 6.54 Å². The van der Waals surface area contributed by atoms with Crippen molar-refractivity contribution in [2.24, 2.45) is 0 Å². The number of hydrogen-bond acceptors (Lipinski definition) is 2. The molecule has 1 unspecified atom stereocenters. The fraction of sp³-hybridized carbons (Fsp3) is 0.333. The number of alkyl halides is 5. The van der Waals surface area contributed by atoms with Crippen molar-refractivity contribution < 1.29 is 35.9 Å². The minimum atomic E-state index is -4.63. The largest absolute Gasteiger partial charge is 0.405 e. The van der Waals surface area contributed by atoms with Crippen LogP contribution in [0.4, 0.5) is 26.3 Å². The lowest BCUT2D eigenvalue weighted by Gasteiger charge is -2.22. The summed E-state index contributed by atoms with van der Waals surface area (Å²) >= 11 is 23.9. The van der Waals surface area contributed by atoms with Crippen molar-refractivity contribution in [1.82, 2.24) is 10.6 Å². The number of carbonyl (C=O) groups excluding carboxylic acids is 2. The van der Waals surface area contributed by atoms with Gasteiger partial charge in [0.2, 0.25) is 5.91 Å². The molecule has 1 fully saturated rings. The quantitative estimate of drug-likeness (QED) is 0.232. The van der Waals surface area contributed by atoms with Gasteiger partial charge < -0.3 is 10.6 Å². The second-order valence-electron chi connectivity index (χ2n) is 8.78. The molecule has 1 saturated carbocycles. The van der Waals surface area contributed by atoms with Gasteiger partial charge in [-0.3, -0.25) is 9.59 Å². The van der Waals surface area contributed by atoms with E-state index in [0.29, 0.717) is 13.0 Å². The van der Waals surface area contributed by atoms with Crippen molar-refractivity contribution in [3.8, 4) is 0 Å². The van der Waals surface area contributed by atoms with Crippen molar-refractivity contribution in [1.29, 1.82) is 0 Å². The molecular formula is C24H18Cl4F6N2O2. The van der Waals surface area contributed by atoms with Gasteiger partial charge in [-0.15, -0.1) is 0 Å². The molecule has 2 aromatic rings. The maximum absolute atomic E-state index is 15.1. The first-order valence-electron chi connectivity index (χ1n) is 10.8. The van der Waals surface area contributed by atoms with E-state index in [1.54, 1.807) is 5.32 Å². The van der Waals surface area contributed by atoms with Crippen LogP contribution in [0.2, 0.25) is 20.1 Å². The summed E-state index contributed by atoms with van der Waals surface area (Å²) in [6.45, 7) is -0.979. The van der Waals surface area contributed by atoms with E-state index in [0.717, 1.165) is 30.3 Å². The molecule has 0 aliphatic heterocycles. The van der Waals surface area contributed by atoms with Crippen LogP contribution >= 0.6 is 46.4 Å². The lowest BCUT2D eigenvalue weighted by Crippen LogP contribution is -2.50. The molecule has 2 aromatic carbocycles. The van der Waals surface area contributed by atoms with Gasteiger partial charge >= 0.3 is 6.18 Å². The summed E-state index contributed by atoms with van der Waals surface area (Å²) in [7, 11) is 0. The van der Waals surface area contributed by atoms with E-state index in [2.05, 4.69) is 5.32 Å². The molecule has 3 rings (SSSR count). The number of amides is 2. The highest BCUT2D eigenvalue weighted by Gasteiger charge is 2.52. The molecule has 0 spiro atoms. The normalized spacial score (nSPS) is 16.1. The Balaban J connectivity index is 1.82. The predicted octanol–water partition coefficient (Wildman–Crippen LogP) is 7.99. The lowest BCUT2D eigenvalue weighted by molar-refractivity contribution is -0.140. The summed E-state index contributed by atoms with van der Waals surface area (Å²) in [6.07, 6.45) is -3.76. The molecule has 1 aliphatic carbocycles. The summed E-state index contributed by atoms with van der Waals surface area (Å²) in [4.78, 5) is 24.8. The first-order chi connectivity index (χ1) is 17.4. The zero-order chi connectivity index (χ0) is 28.6. The third kappa shape index (κ3) is 7.28. The van der Waals surface area contributed by atoms with E-state index in [4.69, 9.17) is 46.4 Å². The Morgan fingerprint density at radius 3 is 2.05 bits per heavy atom. The minimum Gasteiger partial charge on any atom is -0.345 e. The first kappa shape index (κ1) is 30.4. The van der Waals surface area contributed by atoms with E-state index in [9.17, 15) is 31.5 Å². The summed E-state index contributed by atoms with van der Waals surface area (Å²) < 4.78 is 81.1. The van der Waals surface area contributed by atoms with Crippen molar-refractivity contribution in [3.63, 3.8) is 0 Å². The summed E-state index contributed by atoms with van der Waals surface area (Å²) in [5, 5.41) is 3.54. The van der Waals surface area contributed by atoms with Gasteiger partial charge in [-0.05, 0) is 48.7 Å². The Morgan fingerprint density at radius 2 is 1.58 bits per heavy atom. The van der Waals surface area contributed by atoms with Gasteiger partial charge in [-0.2, -0.15) is 13.2 Å². The van der Waals surface area contributed by atoms with Crippen LogP contribution in [0, 0.1) is 0 Å². The lowest BCUT2D eigenvalue weighted by atomic mass is 9.92. The number of hydrogen-bond donors (Lipinski definition) is 2. The van der Waals surface area contributed by atoms with Gasteiger partial charge in [-0.25, -0.2) is 13.2 Å². The molecule has 0 aromatic heterocycles. The molecule has 38 heavy (non-hydrogen) atoms. The van der Waals surface area contributed by atoms with Crippen molar-refractivity contribution >= 4 is 64.0 Å². The zero-order valence-corrected chi connectivity index (χ0v) is 22.3. The molecule has 0 radical (unpaired) electrons. The molecule has 14 heteroatoms. The molecule has 2 N–H and O–H groups in total. The number of carbonyl (C=O) groups is 2. The highest BCUT2D eigenvalue weighted by atomic mass is 35.5. The van der Waals surface area contributed by atoms with E-state index in [1.807, 2.05) is 0 Å². The molecule has 0 heterocycles. The standard InChI is InChI=1S/C24H18Cl4F6N2O2/c1-22(30,31)14(12-7-16(26)19(28)17(27)8-12)9-18(29)11-2-3-13(15(25)6-11)20(37)36-23(4-5-23)21(38)35-10-24(32,33)34/h2-3,6-9,14H,4-5,10H2,1H3,(H,35,38)(H,36,37)/b18-9-. The van der Waals surface area contributed by atoms with Crippen LogP contribution in [-0.4, -0.2) is 36.0 Å². The summed E-state index contributed by atoms with van der Waals surface area (Å²) in [5.74, 6) is -8.24. The number of benzene rings is 2. The Morgan fingerprint density at radius 1 is 1.00 bits per heavy atom. The monoisotopic (exact) mass is 620 g/mol. The van der Waals surface area contributed by atoms with Crippen LogP contribution in [0.15, 0.2) is 36.4 Å². The van der Waals surface area contributed by atoms with E-state index in [-0.39, 0.29) is 49.6 Å². The zero-order valence-electron chi connectivity index (χ0n) is 19.3. The number of allylic oxidation sites excluding steroid dienone is 1. The van der Waals surface area contributed by atoms with Crippen LogP contribution in [0.3, 0.4) is 0 Å². The molecule has 1 atom stereocenters. The Labute approximate surface area is 233 Å². The molecule has 0 saturated heterocycles. The maximum Gasteiger partial charge on any atom is 0.405 e. The first-order valence-corrected chi connectivity index (χ1v) is 12.3. The second kappa shape index (κ2) is 11.2. The Bertz CT molecular complexity index is 1270. The Hall–Kier alpha value is -2.14. The van der Waals surface area contributed by atoms with Gasteiger partial charge in [0, 0.05) is 12.5 Å². The molecule has 206 valence electrons. The average molecular weight is 622 g/mol. The minimum absolute atomic E-state index is 0.0498. The highest BCUT2D eigenvalue weighted by molar-refractivity contribution is 6.48. The molecular weight excluding hydrogens is 604 g/mol. The van der Waals surface area contributed by atoms with E-state index < -0.39 is 47.7 Å². The van der Waals surface area contributed by atoms with Crippen LogP contribution in [0.25, 0.3) is 5.83 Å². The predicted molar refractivity (Wildman–Crippen MR) is 134 cm³/mol. The van der Waals surface area contributed by atoms with Crippen LogP contribution in [-0.2, 0) is 4.79 Å². The fourth-order valence-electron chi connectivity index (χ4n) is 3.55. The smallest absolute Gasteiger partial charge is 0.345 e. The van der Waals surface area contributed by atoms with Gasteiger partial charge in [0.1, 0.15) is 17.9 Å². The Kier molecular flexibility index (Phi) is 8.92. The topological polar surface area (TPSA) is 58.2 Å². The second-order valence-corrected chi connectivity index (χ2v) is 10.4. The van der Waals surface area contributed by atoms with Crippen LogP contribution < -0.4 is 10.6 Å². The average Bonchev–Trinajstić information content (AvgIpc) is 3.58. The van der Waals surface area contributed by atoms with E-state index in [1.165, 1.54) is 0 Å². The highest BCUT2D eigenvalue weighted by Crippen LogP contribution is 2.42. The maximum atomic E-state index is 15.1. The fourth-order valence-corrected chi connectivity index (χ4v) is 4.43. The summed E-state index contributed by atoms with van der Waals surface area (Å²) in [6, 6.07) is 5.49. The van der Waals surface area contributed by atoms with Gasteiger partial charge in [0.05, 0.1) is 31.6 Å². The number of halogens is 10. The number of nitrogens with one attached hydrogen (secondary N) is 2. The van der Waals surface area contributed by atoms with Crippen molar-refractivity contribution in [2.45, 2.75) is 43.3 Å². The third-order valence-corrected chi connectivity index (χ3v) is 7.21. The molecule has 0 bridgehead atoms. The SMILES string of the molecule is CC(F)(F)C(/C=C(\F)c1ccc(C(=O)NC2(C(=O)NCC(F)(F)F)CC2)c(Cl)c1)c1cc(Cl)c(Cl)c(Cl)c1. The van der Waals surface area contributed by atoms with Gasteiger partial charge in [-0.1, -0.05) is 52.5 Å². The molecule has 2 amide bonds. The van der Waals surface area contributed by atoms with E-state index >= 15 is 4.39 Å².